The molecule has 2 atom stereocenters. The number of rotatable bonds is 7. The lowest BCUT2D eigenvalue weighted by Crippen LogP contribution is -2.31. The Balaban J connectivity index is 1.67. The van der Waals surface area contributed by atoms with Crippen molar-refractivity contribution >= 4 is 0 Å². The van der Waals surface area contributed by atoms with Crippen molar-refractivity contribution in [3.05, 3.63) is 65.7 Å². The lowest BCUT2D eigenvalue weighted by atomic mass is 9.93. The van der Waals surface area contributed by atoms with Crippen LogP contribution in [0.15, 0.2) is 54.6 Å². The molecule has 2 aromatic rings. The zero-order valence-corrected chi connectivity index (χ0v) is 14.4. The maximum Gasteiger partial charge on any atom is 0.119 e. The third-order valence-corrected chi connectivity index (χ3v) is 4.83. The number of hydrogen-bond donors (Lipinski definition) is 1. The maximum atomic E-state index is 9.64. The first-order valence-electron chi connectivity index (χ1n) is 8.89. The Bertz CT molecular complexity index is 605. The molecule has 0 amide bonds. The fourth-order valence-electron chi connectivity index (χ4n) is 3.52. The van der Waals surface area contributed by atoms with E-state index in [2.05, 4.69) is 36.1 Å². The van der Waals surface area contributed by atoms with Crippen LogP contribution >= 0.6 is 0 Å². The van der Waals surface area contributed by atoms with Crippen molar-refractivity contribution < 1.29 is 9.84 Å². The normalized spacial score (nSPS) is 17.6. The van der Waals surface area contributed by atoms with Crippen LogP contribution in [0.4, 0.5) is 0 Å². The van der Waals surface area contributed by atoms with Gasteiger partial charge in [0.25, 0.3) is 0 Å². The average molecular weight is 325 g/mol. The molecule has 0 aromatic heterocycles. The number of nitrogens with zero attached hydrogens (tertiary/aromatic N) is 1. The van der Waals surface area contributed by atoms with Gasteiger partial charge < -0.3 is 9.84 Å². The average Bonchev–Trinajstić information content (AvgIpc) is 3.16. The van der Waals surface area contributed by atoms with Crippen LogP contribution in [0, 0.1) is 5.92 Å². The van der Waals surface area contributed by atoms with Crippen molar-refractivity contribution in [1.29, 1.82) is 0 Å². The minimum atomic E-state index is 0.216. The van der Waals surface area contributed by atoms with Crippen LogP contribution in [0.3, 0.4) is 0 Å². The molecule has 24 heavy (non-hydrogen) atoms. The van der Waals surface area contributed by atoms with Gasteiger partial charge in [-0.05, 0) is 55.1 Å². The summed E-state index contributed by atoms with van der Waals surface area (Å²) in [6.45, 7) is 5.18. The molecule has 3 heteroatoms. The summed E-state index contributed by atoms with van der Waals surface area (Å²) in [7, 11) is 0. The molecule has 0 spiro atoms. The van der Waals surface area contributed by atoms with Crippen LogP contribution in [-0.2, 0) is 6.61 Å². The van der Waals surface area contributed by atoms with Crippen molar-refractivity contribution in [2.24, 2.45) is 5.92 Å². The first-order chi connectivity index (χ1) is 11.8. The summed E-state index contributed by atoms with van der Waals surface area (Å²) in [4.78, 5) is 2.50. The smallest absolute Gasteiger partial charge is 0.119 e. The highest BCUT2D eigenvalue weighted by atomic mass is 16.5. The monoisotopic (exact) mass is 325 g/mol. The summed E-state index contributed by atoms with van der Waals surface area (Å²) in [5.74, 6) is 1.12. The first-order valence-corrected chi connectivity index (χ1v) is 8.89. The zero-order chi connectivity index (χ0) is 16.8. The van der Waals surface area contributed by atoms with Gasteiger partial charge in [-0.15, -0.1) is 0 Å². The molecule has 3 rings (SSSR count). The summed E-state index contributed by atoms with van der Waals surface area (Å²) in [5, 5.41) is 9.64. The second-order valence-corrected chi connectivity index (χ2v) is 6.69. The Labute approximate surface area is 144 Å². The third kappa shape index (κ3) is 4.16. The van der Waals surface area contributed by atoms with E-state index in [-0.39, 0.29) is 12.5 Å². The molecule has 0 saturated carbocycles. The number of likely N-dealkylation sites (tertiary alicyclic amines) is 1. The Morgan fingerprint density at radius 1 is 1.00 bits per heavy atom. The fourth-order valence-corrected chi connectivity index (χ4v) is 3.52. The lowest BCUT2D eigenvalue weighted by molar-refractivity contribution is 0.126. The summed E-state index contributed by atoms with van der Waals surface area (Å²) < 4.78 is 5.88. The van der Waals surface area contributed by atoms with Gasteiger partial charge >= 0.3 is 0 Å². The molecular weight excluding hydrogens is 298 g/mol. The van der Waals surface area contributed by atoms with Crippen LogP contribution in [-0.4, -0.2) is 29.7 Å². The minimum Gasteiger partial charge on any atom is -0.489 e. The quantitative estimate of drug-likeness (QED) is 0.834. The van der Waals surface area contributed by atoms with Crippen LogP contribution < -0.4 is 4.74 Å². The molecule has 128 valence electrons. The van der Waals surface area contributed by atoms with Gasteiger partial charge in [0, 0.05) is 12.6 Å². The Hall–Kier alpha value is -1.84. The van der Waals surface area contributed by atoms with E-state index >= 15 is 0 Å². The molecule has 1 aliphatic heterocycles. The summed E-state index contributed by atoms with van der Waals surface area (Å²) in [6.07, 6.45) is 2.51. The molecule has 0 aliphatic carbocycles. The number of benzene rings is 2. The van der Waals surface area contributed by atoms with Gasteiger partial charge in [-0.3, -0.25) is 4.90 Å². The molecule has 0 bridgehead atoms. The second-order valence-electron chi connectivity index (χ2n) is 6.69. The van der Waals surface area contributed by atoms with E-state index in [0.29, 0.717) is 12.6 Å². The Morgan fingerprint density at radius 3 is 2.29 bits per heavy atom. The van der Waals surface area contributed by atoms with Gasteiger partial charge in [-0.25, -0.2) is 0 Å². The largest absolute Gasteiger partial charge is 0.489 e. The lowest BCUT2D eigenvalue weighted by Gasteiger charge is -2.32. The summed E-state index contributed by atoms with van der Waals surface area (Å²) in [5.41, 5.74) is 2.44. The van der Waals surface area contributed by atoms with Gasteiger partial charge in [-0.1, -0.05) is 49.4 Å². The summed E-state index contributed by atoms with van der Waals surface area (Å²) >= 11 is 0. The van der Waals surface area contributed by atoms with E-state index in [1.807, 2.05) is 30.3 Å². The van der Waals surface area contributed by atoms with E-state index in [4.69, 9.17) is 4.74 Å². The van der Waals surface area contributed by atoms with Crippen molar-refractivity contribution in [3.63, 3.8) is 0 Å². The Morgan fingerprint density at radius 2 is 1.67 bits per heavy atom. The molecule has 1 fully saturated rings. The van der Waals surface area contributed by atoms with Gasteiger partial charge in [0.2, 0.25) is 0 Å². The van der Waals surface area contributed by atoms with Gasteiger partial charge in [0.1, 0.15) is 12.4 Å². The highest BCUT2D eigenvalue weighted by Gasteiger charge is 2.27. The topological polar surface area (TPSA) is 32.7 Å². The number of ether oxygens (including phenoxy) is 1. The van der Waals surface area contributed by atoms with Crippen molar-refractivity contribution in [2.75, 3.05) is 19.7 Å². The van der Waals surface area contributed by atoms with E-state index in [1.165, 1.54) is 24.0 Å². The van der Waals surface area contributed by atoms with Gasteiger partial charge in [0.05, 0.1) is 0 Å². The Kier molecular flexibility index (Phi) is 5.89. The van der Waals surface area contributed by atoms with Crippen LogP contribution in [0.5, 0.6) is 5.75 Å². The van der Waals surface area contributed by atoms with Crippen LogP contribution in [0.25, 0.3) is 0 Å². The first kappa shape index (κ1) is 17.0. The highest BCUT2D eigenvalue weighted by Crippen LogP contribution is 2.32. The van der Waals surface area contributed by atoms with E-state index in [1.54, 1.807) is 0 Å². The maximum absolute atomic E-state index is 9.64. The SMILES string of the molecule is CC(CO)C(c1ccc(OCc2ccccc2)cc1)N1CCCC1. The summed E-state index contributed by atoms with van der Waals surface area (Å²) in [6, 6.07) is 18.9. The highest BCUT2D eigenvalue weighted by molar-refractivity contribution is 5.30. The van der Waals surface area contributed by atoms with Gasteiger partial charge in [0.15, 0.2) is 0 Å². The molecule has 2 unspecified atom stereocenters. The molecule has 1 N–H and O–H groups in total. The predicted molar refractivity (Wildman–Crippen MR) is 97.0 cm³/mol. The number of aliphatic hydroxyl groups is 1. The van der Waals surface area contributed by atoms with E-state index < -0.39 is 0 Å². The molecule has 0 radical (unpaired) electrons. The third-order valence-electron chi connectivity index (χ3n) is 4.83. The van der Waals surface area contributed by atoms with E-state index in [0.717, 1.165) is 18.8 Å². The molecular formula is C21H27NO2. The number of hydrogen-bond acceptors (Lipinski definition) is 3. The minimum absolute atomic E-state index is 0.216. The standard InChI is InChI=1S/C21H27NO2/c1-17(15-23)21(22-13-5-6-14-22)19-9-11-20(12-10-19)24-16-18-7-3-2-4-8-18/h2-4,7-12,17,21,23H,5-6,13-16H2,1H3. The molecule has 3 nitrogen and oxygen atoms in total. The van der Waals surface area contributed by atoms with Crippen LogP contribution in [0.2, 0.25) is 0 Å². The van der Waals surface area contributed by atoms with E-state index in [9.17, 15) is 5.11 Å². The molecule has 1 heterocycles. The zero-order valence-electron chi connectivity index (χ0n) is 14.4. The fraction of sp³-hybridized carbons (Fsp3) is 0.429. The molecule has 1 saturated heterocycles. The number of aliphatic hydroxyl groups excluding tert-OH is 1. The van der Waals surface area contributed by atoms with Crippen molar-refractivity contribution in [1.82, 2.24) is 4.90 Å². The van der Waals surface area contributed by atoms with Crippen LogP contribution in [0.1, 0.15) is 36.9 Å². The predicted octanol–water partition coefficient (Wildman–Crippen LogP) is 4.03. The molecule has 2 aromatic carbocycles. The van der Waals surface area contributed by atoms with Crippen molar-refractivity contribution in [3.8, 4) is 5.75 Å². The van der Waals surface area contributed by atoms with Gasteiger partial charge in [-0.2, -0.15) is 0 Å². The second kappa shape index (κ2) is 8.32. The van der Waals surface area contributed by atoms with Crippen molar-refractivity contribution in [2.45, 2.75) is 32.4 Å². The molecule has 1 aliphatic rings.